The smallest absolute Gasteiger partial charge is 0.143 e. The molecule has 2 aliphatic rings. The molecule has 11 rings (SSSR count). The Bertz CT molecular complexity index is 2850. The van der Waals surface area contributed by atoms with Gasteiger partial charge in [-0.25, -0.2) is 0 Å². The summed E-state index contributed by atoms with van der Waals surface area (Å²) >= 11 is 0. The highest BCUT2D eigenvalue weighted by Crippen LogP contribution is 2.48. The lowest BCUT2D eigenvalue weighted by atomic mass is 9.88. The molecule has 2 aromatic heterocycles. The van der Waals surface area contributed by atoms with Crippen molar-refractivity contribution in [2.75, 3.05) is 0 Å². The van der Waals surface area contributed by atoms with Crippen molar-refractivity contribution in [3.8, 4) is 44.8 Å². The van der Waals surface area contributed by atoms with Crippen molar-refractivity contribution in [3.05, 3.63) is 182 Å². The largest absolute Gasteiger partial charge is 0.484 e. The fourth-order valence-electron chi connectivity index (χ4n) is 8.38. The van der Waals surface area contributed by atoms with Crippen LogP contribution in [0.4, 0.5) is 0 Å². The predicted molar refractivity (Wildman–Crippen MR) is 210 cm³/mol. The van der Waals surface area contributed by atoms with E-state index >= 15 is 0 Å². The Balaban J connectivity index is 1.10. The first kappa shape index (κ1) is 28.3. The normalized spacial score (nSPS) is 16.2. The van der Waals surface area contributed by atoms with Crippen molar-refractivity contribution in [1.29, 1.82) is 0 Å². The van der Waals surface area contributed by atoms with E-state index in [2.05, 4.69) is 168 Å². The third-order valence-electron chi connectivity index (χ3n) is 10.7. The van der Waals surface area contributed by atoms with Crippen molar-refractivity contribution >= 4 is 43.7 Å². The summed E-state index contributed by atoms with van der Waals surface area (Å²) in [6, 6.07) is 54.5. The summed E-state index contributed by atoms with van der Waals surface area (Å²) in [4.78, 5) is 0. The lowest BCUT2D eigenvalue weighted by Gasteiger charge is -2.15. The Kier molecular flexibility index (Phi) is 6.08. The average molecular weight is 654 g/mol. The molecule has 1 aliphatic heterocycles. The van der Waals surface area contributed by atoms with Crippen molar-refractivity contribution < 1.29 is 9.15 Å². The molecule has 0 amide bonds. The van der Waals surface area contributed by atoms with Gasteiger partial charge >= 0.3 is 0 Å². The molecule has 7 aromatic carbocycles. The summed E-state index contributed by atoms with van der Waals surface area (Å²) in [5, 5.41) is 4.77. The summed E-state index contributed by atoms with van der Waals surface area (Å²) in [5.74, 6) is 1.20. The highest BCUT2D eigenvalue weighted by atomic mass is 16.5. The number of ether oxygens (including phenoxy) is 1. The predicted octanol–water partition coefficient (Wildman–Crippen LogP) is 12.7. The zero-order valence-corrected chi connectivity index (χ0v) is 27.7. The van der Waals surface area contributed by atoms with Crippen molar-refractivity contribution in [1.82, 2.24) is 4.57 Å². The van der Waals surface area contributed by atoms with Crippen LogP contribution in [0.25, 0.3) is 82.8 Å². The summed E-state index contributed by atoms with van der Waals surface area (Å²) in [5.41, 5.74) is 13.3. The van der Waals surface area contributed by atoms with Crippen LogP contribution in [-0.2, 0) is 0 Å². The molecular weight excluding hydrogens is 623 g/mol. The van der Waals surface area contributed by atoms with E-state index in [1.165, 1.54) is 27.4 Å². The fourth-order valence-corrected chi connectivity index (χ4v) is 8.38. The van der Waals surface area contributed by atoms with E-state index in [9.17, 15) is 0 Å². The zero-order chi connectivity index (χ0) is 33.5. The van der Waals surface area contributed by atoms with Gasteiger partial charge in [0.1, 0.15) is 23.0 Å². The van der Waals surface area contributed by atoms with Gasteiger partial charge in [0.2, 0.25) is 0 Å². The number of para-hydroxylation sites is 5. The van der Waals surface area contributed by atoms with Gasteiger partial charge in [0.25, 0.3) is 0 Å². The van der Waals surface area contributed by atoms with E-state index in [-0.39, 0.29) is 12.0 Å². The van der Waals surface area contributed by atoms with Crippen LogP contribution in [0.1, 0.15) is 11.5 Å². The van der Waals surface area contributed by atoms with Gasteiger partial charge in [-0.15, -0.1) is 0 Å². The fraction of sp³-hybridized carbons (Fsp3) is 0.0417. The second-order valence-corrected chi connectivity index (χ2v) is 13.6. The van der Waals surface area contributed by atoms with Gasteiger partial charge in [0, 0.05) is 49.8 Å². The topological polar surface area (TPSA) is 27.3 Å². The third-order valence-corrected chi connectivity index (χ3v) is 10.7. The molecule has 2 unspecified atom stereocenters. The Labute approximate surface area is 295 Å². The minimum absolute atomic E-state index is 0.0199. The van der Waals surface area contributed by atoms with Crippen LogP contribution >= 0.6 is 0 Å². The molecule has 9 aromatic rings. The van der Waals surface area contributed by atoms with Gasteiger partial charge in [0.15, 0.2) is 0 Å². The maximum absolute atomic E-state index is 6.67. The number of benzene rings is 7. The summed E-state index contributed by atoms with van der Waals surface area (Å²) < 4.78 is 15.6. The van der Waals surface area contributed by atoms with Gasteiger partial charge < -0.3 is 13.7 Å². The molecule has 240 valence electrons. The first-order chi connectivity index (χ1) is 25.3. The minimum Gasteiger partial charge on any atom is -0.484 e. The van der Waals surface area contributed by atoms with Crippen LogP contribution in [0.15, 0.2) is 180 Å². The maximum atomic E-state index is 6.67. The molecule has 0 spiro atoms. The summed E-state index contributed by atoms with van der Waals surface area (Å²) in [6.07, 6.45) is 8.65. The molecule has 0 N–H and O–H groups in total. The molecule has 3 heteroatoms. The molecular formula is C48H31NO2. The van der Waals surface area contributed by atoms with Crippen molar-refractivity contribution in [3.63, 3.8) is 0 Å². The van der Waals surface area contributed by atoms with E-state index in [0.717, 1.165) is 66.8 Å². The quantitative estimate of drug-likeness (QED) is 0.189. The zero-order valence-electron chi connectivity index (χ0n) is 27.7. The highest BCUT2D eigenvalue weighted by Gasteiger charge is 2.34. The number of hydrogen-bond acceptors (Lipinski definition) is 2. The van der Waals surface area contributed by atoms with E-state index in [1.807, 2.05) is 12.1 Å². The average Bonchev–Trinajstić information content (AvgIpc) is 3.87. The number of fused-ring (bicyclic) bond motifs is 9. The summed E-state index contributed by atoms with van der Waals surface area (Å²) in [7, 11) is 0. The second kappa shape index (κ2) is 11.0. The maximum Gasteiger partial charge on any atom is 0.143 e. The molecule has 1 aliphatic carbocycles. The molecule has 3 nitrogen and oxygen atoms in total. The number of nitrogens with zero attached hydrogens (tertiary/aromatic N) is 1. The Morgan fingerprint density at radius 2 is 1.10 bits per heavy atom. The number of furan rings is 1. The Hall–Kier alpha value is -6.58. The molecule has 51 heavy (non-hydrogen) atoms. The van der Waals surface area contributed by atoms with Gasteiger partial charge in [-0.2, -0.15) is 0 Å². The van der Waals surface area contributed by atoms with Crippen molar-refractivity contribution in [2.24, 2.45) is 0 Å². The van der Waals surface area contributed by atoms with Gasteiger partial charge in [-0.05, 0) is 76.9 Å². The van der Waals surface area contributed by atoms with Crippen LogP contribution in [0.3, 0.4) is 0 Å². The molecule has 0 bridgehead atoms. The van der Waals surface area contributed by atoms with Crippen LogP contribution in [0.2, 0.25) is 0 Å². The first-order valence-electron chi connectivity index (χ1n) is 17.6. The van der Waals surface area contributed by atoms with Gasteiger partial charge in [0.05, 0.1) is 11.0 Å². The lowest BCUT2D eigenvalue weighted by Crippen LogP contribution is -2.15. The molecule has 0 radical (unpaired) electrons. The molecule has 0 saturated carbocycles. The number of allylic oxidation sites excluding steroid dienone is 2. The third kappa shape index (κ3) is 4.31. The van der Waals surface area contributed by atoms with E-state index in [0.29, 0.717) is 0 Å². The molecule has 0 saturated heterocycles. The van der Waals surface area contributed by atoms with E-state index < -0.39 is 0 Å². The first-order valence-corrected chi connectivity index (χ1v) is 17.6. The standard InChI is InChI=1S/C48H31NO2/c1-5-19-43-37(11-1)38-12-2-6-20-44(38)49(43)34-25-23-30(24-26-34)31-27-32(35-15-9-17-41-39-13-3-7-21-45(39)50-47(35)41)29-33(28-31)36-16-10-18-42-40-14-4-8-22-46(40)51-48(36)42/h1-29,39,45H. The minimum atomic E-state index is 0.0199. The molecule has 3 heterocycles. The van der Waals surface area contributed by atoms with Crippen LogP contribution < -0.4 is 4.74 Å². The Morgan fingerprint density at radius 1 is 0.471 bits per heavy atom. The van der Waals surface area contributed by atoms with Gasteiger partial charge in [-0.1, -0.05) is 121 Å². The second-order valence-electron chi connectivity index (χ2n) is 13.6. The highest BCUT2D eigenvalue weighted by molar-refractivity contribution is 6.10. The van der Waals surface area contributed by atoms with Crippen LogP contribution in [0.5, 0.6) is 5.75 Å². The monoisotopic (exact) mass is 653 g/mol. The molecule has 0 fully saturated rings. The van der Waals surface area contributed by atoms with Crippen LogP contribution in [0, 0.1) is 0 Å². The lowest BCUT2D eigenvalue weighted by molar-refractivity contribution is 0.270. The van der Waals surface area contributed by atoms with Crippen molar-refractivity contribution in [2.45, 2.75) is 12.0 Å². The van der Waals surface area contributed by atoms with E-state index in [1.54, 1.807) is 0 Å². The van der Waals surface area contributed by atoms with E-state index in [4.69, 9.17) is 9.15 Å². The SMILES string of the molecule is C1=CC2Oc3c(-c4cc(-c5ccc(-n6c7ccccc7c7ccccc76)cc5)cc(-c5cccc6c5oc5ccccc56)c4)cccc3C2C=C1. The molecule has 2 atom stereocenters. The number of hydrogen-bond donors (Lipinski definition) is 0. The summed E-state index contributed by atoms with van der Waals surface area (Å²) in [6.45, 7) is 0. The Morgan fingerprint density at radius 3 is 1.90 bits per heavy atom. The number of aromatic nitrogens is 1. The van der Waals surface area contributed by atoms with Gasteiger partial charge in [-0.3, -0.25) is 0 Å². The number of rotatable bonds is 4. The van der Waals surface area contributed by atoms with Crippen LogP contribution in [-0.4, -0.2) is 10.7 Å².